The van der Waals surface area contributed by atoms with Crippen molar-refractivity contribution in [3.63, 3.8) is 0 Å². The molecule has 0 aromatic heterocycles. The van der Waals surface area contributed by atoms with Crippen LogP contribution in [0.25, 0.3) is 0 Å². The summed E-state index contributed by atoms with van der Waals surface area (Å²) < 4.78 is 5.41. The van der Waals surface area contributed by atoms with Crippen molar-refractivity contribution >= 4 is 23.8 Å². The summed E-state index contributed by atoms with van der Waals surface area (Å²) in [7, 11) is 0.660. The lowest BCUT2D eigenvalue weighted by molar-refractivity contribution is 0.294. The van der Waals surface area contributed by atoms with Gasteiger partial charge in [-0.15, -0.1) is 12.3 Å². The van der Waals surface area contributed by atoms with E-state index < -0.39 is 9.04 Å². The highest BCUT2D eigenvalue weighted by Crippen LogP contribution is 2.10. The summed E-state index contributed by atoms with van der Waals surface area (Å²) in [5.74, 6) is 0. The van der Waals surface area contributed by atoms with Crippen molar-refractivity contribution in [3.8, 4) is 0 Å². The molecule has 0 aromatic rings. The maximum Gasteiger partial charge on any atom is 0.238 e. The second-order valence-electron chi connectivity index (χ2n) is 3.28. The van der Waals surface area contributed by atoms with Crippen molar-refractivity contribution < 1.29 is 4.43 Å². The van der Waals surface area contributed by atoms with Crippen LogP contribution in [0.1, 0.15) is 25.7 Å². The molecule has 2 aliphatic heterocycles. The Morgan fingerprint density at radius 3 is 2.62 bits per heavy atom. The lowest BCUT2D eigenvalue weighted by atomic mass is 10.4. The van der Waals surface area contributed by atoms with E-state index in [9.17, 15) is 0 Å². The Labute approximate surface area is 85.4 Å². The first kappa shape index (κ1) is 11.1. The summed E-state index contributed by atoms with van der Waals surface area (Å²) in [5, 5.41) is 0. The van der Waals surface area contributed by atoms with Crippen molar-refractivity contribution in [1.29, 1.82) is 0 Å². The first-order valence-corrected chi connectivity index (χ1v) is 8.07. The van der Waals surface area contributed by atoms with Crippen molar-refractivity contribution in [2.45, 2.75) is 37.8 Å². The Balaban J connectivity index is 0.000000145. The van der Waals surface area contributed by atoms with E-state index in [4.69, 9.17) is 4.43 Å². The van der Waals surface area contributed by atoms with E-state index in [-0.39, 0.29) is 0 Å². The van der Waals surface area contributed by atoms with E-state index in [1.807, 2.05) is 5.70 Å². The minimum atomic E-state index is -0.524. The fraction of sp³-hybridized carbons (Fsp3) is 0.700. The van der Waals surface area contributed by atoms with Crippen molar-refractivity contribution in [1.82, 2.24) is 0 Å². The zero-order valence-corrected chi connectivity index (χ0v) is 10.2. The molecule has 2 rings (SSSR count). The molecule has 2 radical (unpaired) electrons. The molecule has 0 bridgehead atoms. The van der Waals surface area contributed by atoms with E-state index in [2.05, 4.69) is 12.3 Å². The van der Waals surface area contributed by atoms with Crippen molar-refractivity contribution in [2.24, 2.45) is 0 Å². The van der Waals surface area contributed by atoms with Gasteiger partial charge in [-0.3, -0.25) is 0 Å². The third kappa shape index (κ3) is 5.34. The lowest BCUT2D eigenvalue weighted by Gasteiger charge is -2.15. The normalized spacial score (nSPS) is 22.2. The Morgan fingerprint density at radius 1 is 1.38 bits per heavy atom. The van der Waals surface area contributed by atoms with Gasteiger partial charge < -0.3 is 4.43 Å². The average molecular weight is 210 g/mol. The second-order valence-corrected chi connectivity index (χ2v) is 6.72. The highest BCUT2D eigenvalue weighted by atomic mass is 28.3. The van der Waals surface area contributed by atoms with Crippen LogP contribution in [0, 0.1) is 0 Å². The van der Waals surface area contributed by atoms with Crippen LogP contribution in [0.5, 0.6) is 0 Å². The van der Waals surface area contributed by atoms with Crippen LogP contribution in [0.2, 0.25) is 12.1 Å². The summed E-state index contributed by atoms with van der Waals surface area (Å²) in [5.41, 5.74) is 4.38. The molecule has 1 fully saturated rings. The summed E-state index contributed by atoms with van der Waals surface area (Å²) in [6.07, 6.45) is 5.44. The molecule has 0 aliphatic carbocycles. The van der Waals surface area contributed by atoms with Gasteiger partial charge in [-0.2, -0.15) is 0 Å². The minimum Gasteiger partial charge on any atom is -0.412 e. The van der Waals surface area contributed by atoms with E-state index in [1.54, 1.807) is 0 Å². The van der Waals surface area contributed by atoms with Gasteiger partial charge in [0.2, 0.25) is 9.04 Å². The van der Waals surface area contributed by atoms with E-state index >= 15 is 0 Å². The maximum absolute atomic E-state index is 5.41. The molecule has 2 heterocycles. The average Bonchev–Trinajstić information content (AvgIpc) is 2.77. The smallest absolute Gasteiger partial charge is 0.238 e. The SMILES string of the molecule is C1=[Si]CCC1.C=C[Si]1CCCCO1. The van der Waals surface area contributed by atoms with E-state index in [0.29, 0.717) is 0 Å². The van der Waals surface area contributed by atoms with E-state index in [0.717, 1.165) is 6.61 Å². The Hall–Kier alpha value is 0.00377. The fourth-order valence-electron chi connectivity index (χ4n) is 1.35. The molecule has 2 aliphatic rings. The van der Waals surface area contributed by atoms with Gasteiger partial charge in [0.05, 0.1) is 0 Å². The zero-order valence-electron chi connectivity index (χ0n) is 8.22. The summed E-state index contributed by atoms with van der Waals surface area (Å²) in [6, 6.07) is 2.74. The van der Waals surface area contributed by atoms with Gasteiger partial charge in [-0.05, 0) is 31.4 Å². The molecular formula is C10H18OSi2. The summed E-state index contributed by atoms with van der Waals surface area (Å²) >= 11 is 0. The largest absolute Gasteiger partial charge is 0.412 e. The molecular weight excluding hydrogens is 192 g/mol. The van der Waals surface area contributed by atoms with Gasteiger partial charge in [-0.1, -0.05) is 12.1 Å². The number of hydrogen-bond acceptors (Lipinski definition) is 1. The molecule has 0 amide bonds. The predicted octanol–water partition coefficient (Wildman–Crippen LogP) is 2.22. The molecule has 3 heteroatoms. The predicted molar refractivity (Wildman–Crippen MR) is 61.8 cm³/mol. The molecule has 0 unspecified atom stereocenters. The van der Waals surface area contributed by atoms with Crippen LogP contribution >= 0.6 is 0 Å². The number of hydrogen-bond donors (Lipinski definition) is 0. The van der Waals surface area contributed by atoms with E-state index in [1.165, 1.54) is 46.9 Å². The molecule has 0 aromatic carbocycles. The summed E-state index contributed by atoms with van der Waals surface area (Å²) in [4.78, 5) is 0. The van der Waals surface area contributed by atoms with Gasteiger partial charge in [-0.25, -0.2) is 0 Å². The molecule has 0 saturated carbocycles. The van der Waals surface area contributed by atoms with Crippen LogP contribution < -0.4 is 0 Å². The highest BCUT2D eigenvalue weighted by Gasteiger charge is 2.11. The van der Waals surface area contributed by atoms with Crippen LogP contribution in [0.3, 0.4) is 0 Å². The Bertz CT molecular complexity index is 156. The third-order valence-electron chi connectivity index (χ3n) is 2.15. The molecule has 1 nitrogen and oxygen atoms in total. The Morgan fingerprint density at radius 2 is 2.31 bits per heavy atom. The van der Waals surface area contributed by atoms with Crippen LogP contribution in [-0.2, 0) is 4.43 Å². The Kier molecular flexibility index (Phi) is 6.32. The van der Waals surface area contributed by atoms with Gasteiger partial charge in [0.25, 0.3) is 0 Å². The topological polar surface area (TPSA) is 9.23 Å². The second kappa shape index (κ2) is 7.41. The third-order valence-corrected chi connectivity index (χ3v) is 5.24. The standard InChI is InChI=1S/C6H11OSi.C4H7Si/c1-2-8-6-4-3-5-7-8;1-2-4-5-3-1/h2H,1,3-6H2;3H,1-2,4H2. The quantitative estimate of drug-likeness (QED) is 0.603. The fourth-order valence-corrected chi connectivity index (χ4v) is 3.84. The molecule has 13 heavy (non-hydrogen) atoms. The maximum atomic E-state index is 5.41. The first-order chi connectivity index (χ1) is 6.43. The minimum absolute atomic E-state index is 0.524. The lowest BCUT2D eigenvalue weighted by Crippen LogP contribution is -2.20. The molecule has 0 atom stereocenters. The molecule has 1 saturated heterocycles. The van der Waals surface area contributed by atoms with Gasteiger partial charge >= 0.3 is 0 Å². The van der Waals surface area contributed by atoms with Crippen molar-refractivity contribution in [3.05, 3.63) is 12.3 Å². The van der Waals surface area contributed by atoms with Crippen molar-refractivity contribution in [2.75, 3.05) is 6.61 Å². The highest BCUT2D eigenvalue weighted by molar-refractivity contribution is 6.57. The zero-order chi connectivity index (χ0) is 9.36. The van der Waals surface area contributed by atoms with Crippen LogP contribution in [0.15, 0.2) is 12.3 Å². The first-order valence-electron chi connectivity index (χ1n) is 5.09. The summed E-state index contributed by atoms with van der Waals surface area (Å²) in [6.45, 7) is 4.68. The van der Waals surface area contributed by atoms with Crippen LogP contribution in [-0.4, -0.2) is 30.5 Å². The molecule has 72 valence electrons. The van der Waals surface area contributed by atoms with Gasteiger partial charge in [0.1, 0.15) is 0 Å². The van der Waals surface area contributed by atoms with Gasteiger partial charge in [0.15, 0.2) is 0 Å². The number of rotatable bonds is 1. The van der Waals surface area contributed by atoms with Gasteiger partial charge in [0, 0.05) is 15.7 Å². The molecule has 0 spiro atoms. The molecule has 0 N–H and O–H groups in total. The monoisotopic (exact) mass is 210 g/mol. The van der Waals surface area contributed by atoms with Crippen LogP contribution in [0.4, 0.5) is 0 Å².